The first kappa shape index (κ1) is 18.0. The molecule has 7 heteroatoms. The molecule has 144 valence electrons. The Hall–Kier alpha value is -3.35. The molecule has 2 aromatic heterocycles. The molecular formula is C21H21FN4O2. The number of nitrogens with zero attached hydrogens (tertiary/aromatic N) is 3. The summed E-state index contributed by atoms with van der Waals surface area (Å²) in [5.74, 6) is 1.18. The van der Waals surface area contributed by atoms with Crippen LogP contribution in [0.25, 0.3) is 0 Å². The monoisotopic (exact) mass is 380 g/mol. The lowest BCUT2D eigenvalue weighted by Gasteiger charge is -2.36. The first-order chi connectivity index (χ1) is 13.7. The van der Waals surface area contributed by atoms with E-state index in [1.165, 1.54) is 12.1 Å². The summed E-state index contributed by atoms with van der Waals surface area (Å²) in [7, 11) is 0. The fourth-order valence-corrected chi connectivity index (χ4v) is 3.25. The Morgan fingerprint density at radius 1 is 1.11 bits per heavy atom. The average molecular weight is 380 g/mol. The SMILES string of the molecule is O=C(c1ccnc(NCc2ccco2)c1)N1CCN(c2ccc(F)cc2)CC1. The van der Waals surface area contributed by atoms with E-state index < -0.39 is 0 Å². The van der Waals surface area contributed by atoms with E-state index in [1.807, 2.05) is 17.0 Å². The number of halogens is 1. The number of piperazine rings is 1. The van der Waals surface area contributed by atoms with Gasteiger partial charge >= 0.3 is 0 Å². The number of hydrogen-bond acceptors (Lipinski definition) is 5. The standard InChI is InChI=1S/C21H21FN4O2/c22-17-3-5-18(6-4-17)25-9-11-26(12-10-25)21(27)16-7-8-23-20(14-16)24-15-19-2-1-13-28-19/h1-8,13-14H,9-12,15H2,(H,23,24). The third-order valence-electron chi connectivity index (χ3n) is 4.79. The minimum atomic E-state index is -0.244. The van der Waals surface area contributed by atoms with Gasteiger partial charge in [-0.25, -0.2) is 9.37 Å². The predicted molar refractivity (Wildman–Crippen MR) is 105 cm³/mol. The Morgan fingerprint density at radius 3 is 2.61 bits per heavy atom. The topological polar surface area (TPSA) is 61.6 Å². The van der Waals surface area contributed by atoms with Gasteiger partial charge in [0.05, 0.1) is 12.8 Å². The molecule has 0 atom stereocenters. The van der Waals surface area contributed by atoms with Crippen molar-refractivity contribution in [3.63, 3.8) is 0 Å². The van der Waals surface area contributed by atoms with E-state index in [-0.39, 0.29) is 11.7 Å². The normalized spacial score (nSPS) is 14.2. The molecule has 0 unspecified atom stereocenters. The molecule has 0 bridgehead atoms. The third-order valence-corrected chi connectivity index (χ3v) is 4.79. The number of nitrogens with one attached hydrogen (secondary N) is 1. The zero-order chi connectivity index (χ0) is 19.3. The third kappa shape index (κ3) is 4.14. The summed E-state index contributed by atoms with van der Waals surface area (Å²) >= 11 is 0. The second-order valence-corrected chi connectivity index (χ2v) is 6.62. The van der Waals surface area contributed by atoms with Crippen molar-refractivity contribution in [2.24, 2.45) is 0 Å². The van der Waals surface area contributed by atoms with Crippen molar-refractivity contribution in [2.45, 2.75) is 6.54 Å². The minimum Gasteiger partial charge on any atom is -0.467 e. The second-order valence-electron chi connectivity index (χ2n) is 6.62. The molecule has 1 fully saturated rings. The summed E-state index contributed by atoms with van der Waals surface area (Å²) in [6.45, 7) is 3.17. The van der Waals surface area contributed by atoms with Crippen molar-refractivity contribution < 1.29 is 13.6 Å². The predicted octanol–water partition coefficient (Wildman–Crippen LogP) is 3.39. The lowest BCUT2D eigenvalue weighted by molar-refractivity contribution is 0.0746. The van der Waals surface area contributed by atoms with E-state index in [4.69, 9.17) is 4.42 Å². The van der Waals surface area contributed by atoms with Gasteiger partial charge < -0.3 is 19.5 Å². The average Bonchev–Trinajstić information content (AvgIpc) is 3.26. The molecule has 1 saturated heterocycles. The highest BCUT2D eigenvalue weighted by molar-refractivity contribution is 5.95. The lowest BCUT2D eigenvalue weighted by Crippen LogP contribution is -2.48. The molecule has 1 aliphatic rings. The smallest absolute Gasteiger partial charge is 0.254 e. The number of anilines is 2. The van der Waals surface area contributed by atoms with Gasteiger partial charge in [-0.2, -0.15) is 0 Å². The van der Waals surface area contributed by atoms with Gasteiger partial charge in [-0.15, -0.1) is 0 Å². The van der Waals surface area contributed by atoms with Gasteiger partial charge in [-0.1, -0.05) is 0 Å². The molecule has 0 radical (unpaired) electrons. The molecule has 3 heterocycles. The van der Waals surface area contributed by atoms with Crippen LogP contribution in [-0.4, -0.2) is 42.0 Å². The summed E-state index contributed by atoms with van der Waals surface area (Å²) in [4.78, 5) is 21.1. The van der Waals surface area contributed by atoms with Crippen LogP contribution in [0.15, 0.2) is 65.4 Å². The maximum absolute atomic E-state index is 13.1. The minimum absolute atomic E-state index is 0.0118. The Balaban J connectivity index is 1.35. The van der Waals surface area contributed by atoms with E-state index in [0.29, 0.717) is 44.1 Å². The summed E-state index contributed by atoms with van der Waals surface area (Å²) in [6.07, 6.45) is 3.25. The van der Waals surface area contributed by atoms with Crippen LogP contribution in [0.1, 0.15) is 16.1 Å². The zero-order valence-corrected chi connectivity index (χ0v) is 15.3. The van der Waals surface area contributed by atoms with Crippen molar-refractivity contribution in [1.82, 2.24) is 9.88 Å². The summed E-state index contributed by atoms with van der Waals surface area (Å²) in [5.41, 5.74) is 1.58. The highest BCUT2D eigenvalue weighted by Gasteiger charge is 2.22. The maximum Gasteiger partial charge on any atom is 0.254 e. The van der Waals surface area contributed by atoms with Crippen LogP contribution in [0.3, 0.4) is 0 Å². The fraction of sp³-hybridized carbons (Fsp3) is 0.238. The fourth-order valence-electron chi connectivity index (χ4n) is 3.25. The second kappa shape index (κ2) is 8.12. The quantitative estimate of drug-likeness (QED) is 0.735. The largest absolute Gasteiger partial charge is 0.467 e. The molecule has 0 spiro atoms. The van der Waals surface area contributed by atoms with E-state index >= 15 is 0 Å². The highest BCUT2D eigenvalue weighted by Crippen LogP contribution is 2.18. The number of carbonyl (C=O) groups is 1. The number of furan rings is 1. The lowest BCUT2D eigenvalue weighted by atomic mass is 10.2. The molecule has 1 amide bonds. The molecule has 0 saturated carbocycles. The summed E-state index contributed by atoms with van der Waals surface area (Å²) in [6, 6.07) is 13.7. The number of benzene rings is 1. The van der Waals surface area contributed by atoms with Crippen molar-refractivity contribution in [3.05, 3.63) is 78.1 Å². The van der Waals surface area contributed by atoms with E-state index in [1.54, 1.807) is 36.7 Å². The molecule has 28 heavy (non-hydrogen) atoms. The Morgan fingerprint density at radius 2 is 1.89 bits per heavy atom. The van der Waals surface area contributed by atoms with Crippen molar-refractivity contribution in [1.29, 1.82) is 0 Å². The molecule has 6 nitrogen and oxygen atoms in total. The molecular weight excluding hydrogens is 359 g/mol. The van der Waals surface area contributed by atoms with Gasteiger partial charge in [0.15, 0.2) is 0 Å². The van der Waals surface area contributed by atoms with Gasteiger partial charge in [-0.3, -0.25) is 4.79 Å². The van der Waals surface area contributed by atoms with Crippen LogP contribution in [0.2, 0.25) is 0 Å². The van der Waals surface area contributed by atoms with Gasteiger partial charge in [0.2, 0.25) is 0 Å². The van der Waals surface area contributed by atoms with E-state index in [9.17, 15) is 9.18 Å². The van der Waals surface area contributed by atoms with Crippen LogP contribution in [-0.2, 0) is 6.54 Å². The summed E-state index contributed by atoms with van der Waals surface area (Å²) in [5, 5.41) is 3.16. The van der Waals surface area contributed by atoms with Crippen LogP contribution >= 0.6 is 0 Å². The van der Waals surface area contributed by atoms with Crippen molar-refractivity contribution >= 4 is 17.4 Å². The maximum atomic E-state index is 13.1. The molecule has 1 aromatic carbocycles. The number of carbonyl (C=O) groups excluding carboxylic acids is 1. The number of hydrogen-bond donors (Lipinski definition) is 1. The van der Waals surface area contributed by atoms with Gasteiger partial charge in [0, 0.05) is 43.6 Å². The van der Waals surface area contributed by atoms with E-state index in [0.717, 1.165) is 11.4 Å². The zero-order valence-electron chi connectivity index (χ0n) is 15.3. The van der Waals surface area contributed by atoms with Gasteiger partial charge in [0.25, 0.3) is 5.91 Å². The van der Waals surface area contributed by atoms with Crippen LogP contribution < -0.4 is 10.2 Å². The van der Waals surface area contributed by atoms with Gasteiger partial charge in [-0.05, 0) is 48.5 Å². The van der Waals surface area contributed by atoms with Crippen LogP contribution in [0.4, 0.5) is 15.9 Å². The van der Waals surface area contributed by atoms with E-state index in [2.05, 4.69) is 15.2 Å². The van der Waals surface area contributed by atoms with Crippen LogP contribution in [0, 0.1) is 5.82 Å². The van der Waals surface area contributed by atoms with Gasteiger partial charge in [0.1, 0.15) is 17.4 Å². The summed E-state index contributed by atoms with van der Waals surface area (Å²) < 4.78 is 18.4. The number of rotatable bonds is 5. The highest BCUT2D eigenvalue weighted by atomic mass is 19.1. The first-order valence-electron chi connectivity index (χ1n) is 9.21. The Bertz CT molecular complexity index is 920. The van der Waals surface area contributed by atoms with Crippen LogP contribution in [0.5, 0.6) is 0 Å². The number of aromatic nitrogens is 1. The molecule has 0 aliphatic carbocycles. The Kier molecular flexibility index (Phi) is 5.23. The Labute approximate surface area is 162 Å². The first-order valence-corrected chi connectivity index (χ1v) is 9.21. The molecule has 1 aliphatic heterocycles. The molecule has 4 rings (SSSR count). The molecule has 1 N–H and O–H groups in total. The van der Waals surface area contributed by atoms with Crippen molar-refractivity contribution in [2.75, 3.05) is 36.4 Å². The molecule has 3 aromatic rings. The number of pyridine rings is 1. The van der Waals surface area contributed by atoms with Crippen molar-refractivity contribution in [3.8, 4) is 0 Å². The number of amides is 1.